The average Bonchev–Trinajstić information content (AvgIpc) is 2.83. The van der Waals surface area contributed by atoms with Crippen LogP contribution in [0.5, 0.6) is 17.2 Å². The van der Waals surface area contributed by atoms with Crippen LogP contribution >= 0.6 is 24.0 Å². The van der Waals surface area contributed by atoms with Crippen molar-refractivity contribution in [3.8, 4) is 17.2 Å². The first-order chi connectivity index (χ1) is 15.2. The summed E-state index contributed by atoms with van der Waals surface area (Å²) in [4.78, 5) is 8.57. The molecule has 0 bridgehead atoms. The summed E-state index contributed by atoms with van der Waals surface area (Å²) < 4.78 is 16.6. The zero-order valence-corrected chi connectivity index (χ0v) is 20.8. The molecule has 0 amide bonds. The number of aliphatic imine (C=N–C) groups is 1. The van der Waals surface area contributed by atoms with Crippen molar-refractivity contribution in [3.05, 3.63) is 83.7 Å². The highest BCUT2D eigenvalue weighted by molar-refractivity contribution is 14.0. The Morgan fingerprint density at radius 2 is 1.75 bits per heavy atom. The van der Waals surface area contributed by atoms with E-state index in [1.165, 1.54) is 0 Å². The molecule has 2 aromatic carbocycles. The fraction of sp³-hybridized carbons (Fsp3) is 0.250. The molecular weight excluding hydrogens is 519 g/mol. The number of hydrogen-bond donors (Lipinski definition) is 2. The van der Waals surface area contributed by atoms with Gasteiger partial charge in [0.1, 0.15) is 23.9 Å². The lowest BCUT2D eigenvalue weighted by Gasteiger charge is -2.15. The molecule has 0 radical (unpaired) electrons. The van der Waals surface area contributed by atoms with Gasteiger partial charge in [0.05, 0.1) is 19.9 Å². The molecule has 1 aromatic heterocycles. The summed E-state index contributed by atoms with van der Waals surface area (Å²) in [5, 5.41) is 6.63. The van der Waals surface area contributed by atoms with Crippen LogP contribution in [0.2, 0.25) is 0 Å². The minimum absolute atomic E-state index is 0. The lowest BCUT2D eigenvalue weighted by molar-refractivity contribution is 0.301. The number of nitrogens with one attached hydrogen (secondary N) is 2. The molecule has 3 rings (SSSR count). The molecule has 3 aromatic rings. The lowest BCUT2D eigenvalue weighted by atomic mass is 10.2. The SMILES string of the molecule is CN=C(NCc1cccc(OCc2ccccn2)c1)NCc1ccc(OC)cc1OC.I. The van der Waals surface area contributed by atoms with Gasteiger partial charge in [0, 0.05) is 38.0 Å². The maximum Gasteiger partial charge on any atom is 0.191 e. The second-order valence-corrected chi connectivity index (χ2v) is 6.71. The summed E-state index contributed by atoms with van der Waals surface area (Å²) in [6, 6.07) is 19.5. The van der Waals surface area contributed by atoms with E-state index in [4.69, 9.17) is 14.2 Å². The Morgan fingerprint density at radius 1 is 0.906 bits per heavy atom. The molecule has 1 heterocycles. The predicted molar refractivity (Wildman–Crippen MR) is 137 cm³/mol. The molecule has 0 saturated carbocycles. The first kappa shape index (κ1) is 25.3. The van der Waals surface area contributed by atoms with E-state index in [2.05, 4.69) is 20.6 Å². The Bertz CT molecular complexity index is 1000. The Hall–Kier alpha value is -3.01. The summed E-state index contributed by atoms with van der Waals surface area (Å²) in [5.41, 5.74) is 2.99. The fourth-order valence-electron chi connectivity index (χ4n) is 2.97. The van der Waals surface area contributed by atoms with Crippen LogP contribution in [0.25, 0.3) is 0 Å². The smallest absolute Gasteiger partial charge is 0.191 e. The van der Waals surface area contributed by atoms with Crippen molar-refractivity contribution in [1.29, 1.82) is 0 Å². The number of guanidine groups is 1. The molecule has 32 heavy (non-hydrogen) atoms. The maximum atomic E-state index is 5.86. The Balaban J connectivity index is 0.00000363. The molecule has 8 heteroatoms. The molecule has 2 N–H and O–H groups in total. The van der Waals surface area contributed by atoms with Crippen molar-refractivity contribution in [2.75, 3.05) is 21.3 Å². The van der Waals surface area contributed by atoms with Crippen LogP contribution in [-0.2, 0) is 19.7 Å². The summed E-state index contributed by atoms with van der Waals surface area (Å²) in [5.74, 6) is 3.02. The van der Waals surface area contributed by atoms with E-state index in [-0.39, 0.29) is 24.0 Å². The number of hydrogen-bond acceptors (Lipinski definition) is 5. The highest BCUT2D eigenvalue weighted by Crippen LogP contribution is 2.24. The van der Waals surface area contributed by atoms with Crippen molar-refractivity contribution in [3.63, 3.8) is 0 Å². The third-order valence-electron chi connectivity index (χ3n) is 4.64. The van der Waals surface area contributed by atoms with Crippen LogP contribution in [0, 0.1) is 0 Å². The summed E-state index contributed by atoms with van der Waals surface area (Å²) in [6.07, 6.45) is 1.76. The molecule has 0 fully saturated rings. The standard InChI is InChI=1S/C24H28N4O3.HI/c1-25-24(28-16-19-10-11-21(29-2)14-23(19)30-3)27-15-18-7-6-9-22(13-18)31-17-20-8-4-5-12-26-20;/h4-14H,15-17H2,1-3H3,(H2,25,27,28);1H. The van der Waals surface area contributed by atoms with E-state index in [0.717, 1.165) is 34.1 Å². The van der Waals surface area contributed by atoms with Crippen LogP contribution in [0.4, 0.5) is 0 Å². The van der Waals surface area contributed by atoms with Gasteiger partial charge in [-0.1, -0.05) is 18.2 Å². The Kier molecular flexibility index (Phi) is 10.6. The maximum absolute atomic E-state index is 5.86. The van der Waals surface area contributed by atoms with Crippen LogP contribution in [0.15, 0.2) is 71.9 Å². The van der Waals surface area contributed by atoms with Gasteiger partial charge in [-0.15, -0.1) is 24.0 Å². The van der Waals surface area contributed by atoms with Crippen LogP contribution in [-0.4, -0.2) is 32.2 Å². The number of aromatic nitrogens is 1. The van der Waals surface area contributed by atoms with Crippen molar-refractivity contribution in [2.24, 2.45) is 4.99 Å². The van der Waals surface area contributed by atoms with E-state index in [0.29, 0.717) is 25.7 Å². The Morgan fingerprint density at radius 3 is 2.47 bits per heavy atom. The second kappa shape index (κ2) is 13.4. The van der Waals surface area contributed by atoms with Crippen molar-refractivity contribution >= 4 is 29.9 Å². The lowest BCUT2D eigenvalue weighted by Crippen LogP contribution is -2.36. The zero-order valence-electron chi connectivity index (χ0n) is 18.5. The van der Waals surface area contributed by atoms with Gasteiger partial charge in [0.2, 0.25) is 0 Å². The second-order valence-electron chi connectivity index (χ2n) is 6.71. The molecule has 170 valence electrons. The van der Waals surface area contributed by atoms with Gasteiger partial charge in [-0.3, -0.25) is 9.98 Å². The van der Waals surface area contributed by atoms with Gasteiger partial charge >= 0.3 is 0 Å². The average molecular weight is 548 g/mol. The van der Waals surface area contributed by atoms with E-state index in [1.807, 2.05) is 60.7 Å². The van der Waals surface area contributed by atoms with Crippen molar-refractivity contribution in [1.82, 2.24) is 15.6 Å². The number of rotatable bonds is 9. The van der Waals surface area contributed by atoms with Gasteiger partial charge in [0.25, 0.3) is 0 Å². The topological polar surface area (TPSA) is 77.0 Å². The largest absolute Gasteiger partial charge is 0.497 e. The normalized spacial score (nSPS) is 10.7. The fourth-order valence-corrected chi connectivity index (χ4v) is 2.97. The minimum Gasteiger partial charge on any atom is -0.497 e. The van der Waals surface area contributed by atoms with Gasteiger partial charge in [-0.25, -0.2) is 0 Å². The van der Waals surface area contributed by atoms with E-state index < -0.39 is 0 Å². The minimum atomic E-state index is 0. The number of ether oxygens (including phenoxy) is 3. The molecule has 0 unspecified atom stereocenters. The molecule has 0 aliphatic heterocycles. The first-order valence-corrected chi connectivity index (χ1v) is 9.99. The van der Waals surface area contributed by atoms with E-state index >= 15 is 0 Å². The molecular formula is C24H29IN4O3. The van der Waals surface area contributed by atoms with Gasteiger partial charge in [-0.2, -0.15) is 0 Å². The highest BCUT2D eigenvalue weighted by atomic mass is 127. The molecule has 0 spiro atoms. The molecule has 7 nitrogen and oxygen atoms in total. The number of benzene rings is 2. The summed E-state index contributed by atoms with van der Waals surface area (Å²) >= 11 is 0. The van der Waals surface area contributed by atoms with Gasteiger partial charge in [0.15, 0.2) is 5.96 Å². The monoisotopic (exact) mass is 548 g/mol. The number of nitrogens with zero attached hydrogens (tertiary/aromatic N) is 2. The molecule has 0 aliphatic carbocycles. The van der Waals surface area contributed by atoms with E-state index in [9.17, 15) is 0 Å². The van der Waals surface area contributed by atoms with Crippen molar-refractivity contribution in [2.45, 2.75) is 19.7 Å². The number of halogens is 1. The van der Waals surface area contributed by atoms with Crippen LogP contribution in [0.1, 0.15) is 16.8 Å². The number of pyridine rings is 1. The van der Waals surface area contributed by atoms with Crippen molar-refractivity contribution < 1.29 is 14.2 Å². The zero-order chi connectivity index (χ0) is 21.9. The number of methoxy groups -OCH3 is 2. The van der Waals surface area contributed by atoms with Gasteiger partial charge < -0.3 is 24.8 Å². The Labute approximate surface area is 206 Å². The molecule has 0 atom stereocenters. The molecule has 0 aliphatic rings. The molecule has 0 saturated heterocycles. The third kappa shape index (κ3) is 7.60. The van der Waals surface area contributed by atoms with Crippen LogP contribution in [0.3, 0.4) is 0 Å². The summed E-state index contributed by atoms with van der Waals surface area (Å²) in [7, 11) is 5.03. The van der Waals surface area contributed by atoms with Gasteiger partial charge in [-0.05, 0) is 42.0 Å². The summed E-state index contributed by atoms with van der Waals surface area (Å²) in [6.45, 7) is 1.62. The highest BCUT2D eigenvalue weighted by Gasteiger charge is 2.07. The van der Waals surface area contributed by atoms with Crippen LogP contribution < -0.4 is 24.8 Å². The third-order valence-corrected chi connectivity index (χ3v) is 4.64. The predicted octanol–water partition coefficient (Wildman–Crippen LogP) is 4.16. The quantitative estimate of drug-likeness (QED) is 0.238. The van der Waals surface area contributed by atoms with E-state index in [1.54, 1.807) is 27.5 Å². The first-order valence-electron chi connectivity index (χ1n) is 9.99.